The summed E-state index contributed by atoms with van der Waals surface area (Å²) in [4.78, 5) is 0. The van der Waals surface area contributed by atoms with Crippen LogP contribution in [0.25, 0.3) is 0 Å². The quantitative estimate of drug-likeness (QED) is 0.884. The Balaban J connectivity index is 2.18. The molecule has 5 heteroatoms. The summed E-state index contributed by atoms with van der Waals surface area (Å²) in [5.74, 6) is 1.00. The van der Waals surface area contributed by atoms with Crippen LogP contribution in [-0.4, -0.2) is 14.2 Å². The first-order chi connectivity index (χ1) is 9.65. The van der Waals surface area contributed by atoms with Gasteiger partial charge < -0.3 is 14.8 Å². The smallest absolute Gasteiger partial charge is 0.174 e. The summed E-state index contributed by atoms with van der Waals surface area (Å²) in [6.07, 6.45) is 0. The van der Waals surface area contributed by atoms with Crippen molar-refractivity contribution in [3.05, 3.63) is 52.3 Å². The zero-order chi connectivity index (χ0) is 14.5. The number of hydrogen-bond donors (Lipinski definition) is 1. The lowest BCUT2D eigenvalue weighted by Crippen LogP contribution is -2.02. The minimum absolute atomic E-state index is 0.271. The lowest BCUT2D eigenvalue weighted by Gasteiger charge is -2.13. The fourth-order valence-corrected chi connectivity index (χ4v) is 2.53. The Morgan fingerprint density at radius 2 is 1.90 bits per heavy atom. The van der Waals surface area contributed by atoms with Crippen molar-refractivity contribution in [3.63, 3.8) is 0 Å². The van der Waals surface area contributed by atoms with Gasteiger partial charge in [-0.15, -0.1) is 0 Å². The predicted octanol–water partition coefficient (Wildman–Crippen LogP) is 4.22. The first-order valence-electron chi connectivity index (χ1n) is 6.04. The average Bonchev–Trinajstić information content (AvgIpc) is 2.45. The maximum absolute atomic E-state index is 13.5. The molecule has 0 saturated carbocycles. The number of anilines is 1. The van der Waals surface area contributed by atoms with Crippen LogP contribution < -0.4 is 14.8 Å². The number of hydrogen-bond acceptors (Lipinski definition) is 3. The third-order valence-electron chi connectivity index (χ3n) is 2.85. The van der Waals surface area contributed by atoms with E-state index in [0.29, 0.717) is 23.7 Å². The molecule has 1 N–H and O–H groups in total. The van der Waals surface area contributed by atoms with Crippen LogP contribution in [0.15, 0.2) is 40.9 Å². The largest absolute Gasteiger partial charge is 0.493 e. The van der Waals surface area contributed by atoms with E-state index < -0.39 is 0 Å². The fourth-order valence-electron chi connectivity index (χ4n) is 1.88. The second kappa shape index (κ2) is 6.61. The van der Waals surface area contributed by atoms with E-state index >= 15 is 0 Å². The second-order valence-corrected chi connectivity index (χ2v) is 5.00. The van der Waals surface area contributed by atoms with Crippen LogP contribution in [0.1, 0.15) is 5.56 Å². The van der Waals surface area contributed by atoms with Gasteiger partial charge in [0.25, 0.3) is 0 Å². The van der Waals surface area contributed by atoms with Crippen LogP contribution in [-0.2, 0) is 6.54 Å². The highest BCUT2D eigenvalue weighted by atomic mass is 79.9. The monoisotopic (exact) mass is 339 g/mol. The lowest BCUT2D eigenvalue weighted by atomic mass is 10.2. The molecule has 0 aliphatic rings. The van der Waals surface area contributed by atoms with E-state index in [2.05, 4.69) is 21.2 Å². The van der Waals surface area contributed by atoms with Crippen molar-refractivity contribution >= 4 is 21.6 Å². The van der Waals surface area contributed by atoms with E-state index in [-0.39, 0.29) is 5.82 Å². The fraction of sp³-hybridized carbons (Fsp3) is 0.200. The zero-order valence-electron chi connectivity index (χ0n) is 11.2. The van der Waals surface area contributed by atoms with Crippen LogP contribution >= 0.6 is 15.9 Å². The molecule has 0 saturated heterocycles. The molecular weight excluding hydrogens is 325 g/mol. The summed E-state index contributed by atoms with van der Waals surface area (Å²) >= 11 is 3.43. The molecule has 3 nitrogen and oxygen atoms in total. The highest BCUT2D eigenvalue weighted by molar-refractivity contribution is 9.10. The second-order valence-electron chi connectivity index (χ2n) is 4.15. The Bertz CT molecular complexity index is 604. The zero-order valence-corrected chi connectivity index (χ0v) is 12.8. The molecule has 106 valence electrons. The topological polar surface area (TPSA) is 30.5 Å². The lowest BCUT2D eigenvalue weighted by molar-refractivity contribution is 0.352. The molecule has 0 heterocycles. The van der Waals surface area contributed by atoms with Crippen molar-refractivity contribution in [1.82, 2.24) is 0 Å². The first-order valence-corrected chi connectivity index (χ1v) is 6.83. The molecule has 0 unspecified atom stereocenters. The SMILES string of the molecule is COc1cc(CNc2ccccc2F)cc(Br)c1OC. The summed E-state index contributed by atoms with van der Waals surface area (Å²) in [5, 5.41) is 3.05. The molecule has 0 aromatic heterocycles. The molecule has 20 heavy (non-hydrogen) atoms. The van der Waals surface area contributed by atoms with Crippen LogP contribution in [0.5, 0.6) is 11.5 Å². The van der Waals surface area contributed by atoms with Gasteiger partial charge >= 0.3 is 0 Å². The van der Waals surface area contributed by atoms with E-state index in [0.717, 1.165) is 10.0 Å². The van der Waals surface area contributed by atoms with Gasteiger partial charge in [0.1, 0.15) is 5.82 Å². The van der Waals surface area contributed by atoms with Gasteiger partial charge in [0.2, 0.25) is 0 Å². The Morgan fingerprint density at radius 1 is 1.15 bits per heavy atom. The molecule has 0 aliphatic carbocycles. The van der Waals surface area contributed by atoms with Gasteiger partial charge in [0, 0.05) is 6.54 Å². The minimum Gasteiger partial charge on any atom is -0.493 e. The van der Waals surface area contributed by atoms with Gasteiger partial charge in [-0.2, -0.15) is 0 Å². The van der Waals surface area contributed by atoms with Crippen LogP contribution in [0.3, 0.4) is 0 Å². The summed E-state index contributed by atoms with van der Waals surface area (Å²) < 4.78 is 24.8. The molecule has 0 bridgehead atoms. The van der Waals surface area contributed by atoms with Crippen molar-refractivity contribution < 1.29 is 13.9 Å². The third-order valence-corrected chi connectivity index (χ3v) is 3.44. The number of methoxy groups -OCH3 is 2. The Hall–Kier alpha value is -1.75. The molecule has 2 rings (SSSR count). The molecule has 0 atom stereocenters. The van der Waals surface area contributed by atoms with Gasteiger partial charge in [-0.3, -0.25) is 0 Å². The summed E-state index contributed by atoms with van der Waals surface area (Å²) in [7, 11) is 3.16. The van der Waals surface area contributed by atoms with Crippen molar-refractivity contribution in [2.75, 3.05) is 19.5 Å². The van der Waals surface area contributed by atoms with E-state index in [1.54, 1.807) is 32.4 Å². The Morgan fingerprint density at radius 3 is 2.55 bits per heavy atom. The van der Waals surface area contributed by atoms with Crippen LogP contribution in [0.4, 0.5) is 10.1 Å². The molecule has 0 amide bonds. The molecule has 0 radical (unpaired) electrons. The molecular formula is C15H15BrFNO2. The number of halogens is 2. The molecule has 2 aromatic rings. The van der Waals surface area contributed by atoms with Crippen LogP contribution in [0, 0.1) is 5.82 Å². The van der Waals surface area contributed by atoms with Gasteiger partial charge in [0.15, 0.2) is 11.5 Å². The van der Waals surface area contributed by atoms with E-state index in [1.807, 2.05) is 12.1 Å². The highest BCUT2D eigenvalue weighted by Crippen LogP contribution is 2.36. The maximum Gasteiger partial charge on any atom is 0.174 e. The molecule has 0 aliphatic heterocycles. The number of para-hydroxylation sites is 1. The van der Waals surface area contributed by atoms with Gasteiger partial charge in [-0.25, -0.2) is 4.39 Å². The van der Waals surface area contributed by atoms with Gasteiger partial charge in [0.05, 0.1) is 24.4 Å². The van der Waals surface area contributed by atoms with E-state index in [4.69, 9.17) is 9.47 Å². The molecule has 0 fully saturated rings. The van der Waals surface area contributed by atoms with Gasteiger partial charge in [-0.1, -0.05) is 12.1 Å². The number of rotatable bonds is 5. The Kier molecular flexibility index (Phi) is 4.84. The van der Waals surface area contributed by atoms with Crippen molar-refractivity contribution in [1.29, 1.82) is 0 Å². The minimum atomic E-state index is -0.271. The summed E-state index contributed by atoms with van der Waals surface area (Å²) in [5.41, 5.74) is 1.43. The number of benzene rings is 2. The highest BCUT2D eigenvalue weighted by Gasteiger charge is 2.10. The maximum atomic E-state index is 13.5. The van der Waals surface area contributed by atoms with Crippen LogP contribution in [0.2, 0.25) is 0 Å². The van der Waals surface area contributed by atoms with E-state index in [9.17, 15) is 4.39 Å². The normalized spacial score (nSPS) is 10.2. The van der Waals surface area contributed by atoms with Gasteiger partial charge in [-0.05, 0) is 45.8 Å². The number of nitrogens with one attached hydrogen (secondary N) is 1. The van der Waals surface area contributed by atoms with Crippen molar-refractivity contribution in [2.24, 2.45) is 0 Å². The molecule has 0 spiro atoms. The number of ether oxygens (including phenoxy) is 2. The van der Waals surface area contributed by atoms with Crippen molar-refractivity contribution in [2.45, 2.75) is 6.54 Å². The summed E-state index contributed by atoms with van der Waals surface area (Å²) in [6.45, 7) is 0.486. The first kappa shape index (κ1) is 14.7. The average molecular weight is 340 g/mol. The third kappa shape index (κ3) is 3.22. The molecule has 2 aromatic carbocycles. The Labute approximate surface area is 125 Å². The summed E-state index contributed by atoms with van der Waals surface area (Å²) in [6, 6.07) is 10.3. The predicted molar refractivity (Wildman–Crippen MR) is 81.0 cm³/mol. The van der Waals surface area contributed by atoms with E-state index in [1.165, 1.54) is 6.07 Å². The van der Waals surface area contributed by atoms with Crippen molar-refractivity contribution in [3.8, 4) is 11.5 Å². The standard InChI is InChI=1S/C15H15BrFNO2/c1-19-14-8-10(7-11(16)15(14)20-2)9-18-13-6-4-3-5-12(13)17/h3-8,18H,9H2,1-2H3.